The smallest absolute Gasteiger partial charge is 0.0704 e. The molecule has 2 atom stereocenters. The zero-order chi connectivity index (χ0) is 11.1. The molecule has 15 heavy (non-hydrogen) atoms. The van der Waals surface area contributed by atoms with Crippen LogP contribution in [-0.4, -0.2) is 35.5 Å². The summed E-state index contributed by atoms with van der Waals surface area (Å²) in [5.41, 5.74) is 1.13. The Bertz CT molecular complexity index is 264. The number of nitrogens with one attached hydrogen (secondary N) is 1. The first kappa shape index (κ1) is 12.2. The molecule has 0 radical (unpaired) electrons. The molecule has 0 heterocycles. The SMILES string of the molecule is C[C@@H](CO)NC[C@H](O)Cc1ccccc1. The lowest BCUT2D eigenvalue weighted by molar-refractivity contribution is 0.159. The lowest BCUT2D eigenvalue weighted by Crippen LogP contribution is -2.36. The lowest BCUT2D eigenvalue weighted by Gasteiger charge is -2.15. The van der Waals surface area contributed by atoms with E-state index in [0.29, 0.717) is 13.0 Å². The van der Waals surface area contributed by atoms with Gasteiger partial charge in [0.2, 0.25) is 0 Å². The Hall–Kier alpha value is -0.900. The summed E-state index contributed by atoms with van der Waals surface area (Å²) in [6, 6.07) is 9.92. The Morgan fingerprint density at radius 3 is 2.53 bits per heavy atom. The van der Waals surface area contributed by atoms with E-state index in [9.17, 15) is 5.11 Å². The van der Waals surface area contributed by atoms with Gasteiger partial charge in [0.1, 0.15) is 0 Å². The number of aliphatic hydroxyl groups excluding tert-OH is 2. The van der Waals surface area contributed by atoms with E-state index in [0.717, 1.165) is 5.56 Å². The van der Waals surface area contributed by atoms with Crippen molar-refractivity contribution in [1.29, 1.82) is 0 Å². The average Bonchev–Trinajstić information content (AvgIpc) is 2.27. The first-order valence-corrected chi connectivity index (χ1v) is 5.28. The number of benzene rings is 1. The van der Waals surface area contributed by atoms with Crippen molar-refractivity contribution in [1.82, 2.24) is 5.32 Å². The molecule has 0 fully saturated rings. The third-order valence-electron chi connectivity index (χ3n) is 2.29. The molecule has 1 aromatic rings. The van der Waals surface area contributed by atoms with Gasteiger partial charge in [-0.2, -0.15) is 0 Å². The number of aliphatic hydroxyl groups is 2. The van der Waals surface area contributed by atoms with Gasteiger partial charge in [0.25, 0.3) is 0 Å². The Morgan fingerprint density at radius 2 is 1.93 bits per heavy atom. The highest BCUT2D eigenvalue weighted by atomic mass is 16.3. The summed E-state index contributed by atoms with van der Waals surface area (Å²) in [5.74, 6) is 0. The van der Waals surface area contributed by atoms with Crippen LogP contribution in [0, 0.1) is 0 Å². The van der Waals surface area contributed by atoms with Gasteiger partial charge in [-0.3, -0.25) is 0 Å². The summed E-state index contributed by atoms with van der Waals surface area (Å²) in [6.07, 6.45) is 0.243. The van der Waals surface area contributed by atoms with Crippen molar-refractivity contribution in [2.75, 3.05) is 13.2 Å². The van der Waals surface area contributed by atoms with Crippen LogP contribution in [0.3, 0.4) is 0 Å². The van der Waals surface area contributed by atoms with Gasteiger partial charge in [-0.05, 0) is 18.9 Å². The van der Waals surface area contributed by atoms with E-state index in [-0.39, 0.29) is 12.6 Å². The van der Waals surface area contributed by atoms with E-state index in [1.165, 1.54) is 0 Å². The Morgan fingerprint density at radius 1 is 1.27 bits per heavy atom. The lowest BCUT2D eigenvalue weighted by atomic mass is 10.1. The van der Waals surface area contributed by atoms with Crippen LogP contribution in [0.2, 0.25) is 0 Å². The number of rotatable bonds is 6. The van der Waals surface area contributed by atoms with Crippen molar-refractivity contribution in [2.45, 2.75) is 25.5 Å². The van der Waals surface area contributed by atoms with Gasteiger partial charge in [-0.15, -0.1) is 0 Å². The molecular formula is C12H19NO2. The minimum atomic E-state index is -0.401. The molecule has 3 heteroatoms. The first-order chi connectivity index (χ1) is 7.22. The molecule has 0 aromatic heterocycles. The summed E-state index contributed by atoms with van der Waals surface area (Å²) in [4.78, 5) is 0. The predicted octanol–water partition coefficient (Wildman–Crippen LogP) is 0.560. The molecule has 0 bridgehead atoms. The summed E-state index contributed by atoms with van der Waals surface area (Å²) in [6.45, 7) is 2.49. The van der Waals surface area contributed by atoms with E-state index >= 15 is 0 Å². The quantitative estimate of drug-likeness (QED) is 0.641. The topological polar surface area (TPSA) is 52.5 Å². The molecular weight excluding hydrogens is 190 g/mol. The first-order valence-electron chi connectivity index (χ1n) is 5.28. The van der Waals surface area contributed by atoms with E-state index < -0.39 is 6.10 Å². The van der Waals surface area contributed by atoms with Gasteiger partial charge in [0.05, 0.1) is 12.7 Å². The maximum Gasteiger partial charge on any atom is 0.0704 e. The van der Waals surface area contributed by atoms with Gasteiger partial charge in [0, 0.05) is 12.6 Å². The normalized spacial score (nSPS) is 14.9. The summed E-state index contributed by atoms with van der Waals surface area (Å²) in [5, 5.41) is 21.5. The Kier molecular flexibility index (Phi) is 5.32. The van der Waals surface area contributed by atoms with Crippen molar-refractivity contribution >= 4 is 0 Å². The van der Waals surface area contributed by atoms with Crippen molar-refractivity contribution in [3.8, 4) is 0 Å². The van der Waals surface area contributed by atoms with Crippen LogP contribution in [0.1, 0.15) is 12.5 Å². The van der Waals surface area contributed by atoms with E-state index in [1.54, 1.807) is 0 Å². The van der Waals surface area contributed by atoms with Gasteiger partial charge in [-0.25, -0.2) is 0 Å². The number of hydrogen-bond donors (Lipinski definition) is 3. The largest absolute Gasteiger partial charge is 0.395 e. The summed E-state index contributed by atoms with van der Waals surface area (Å²) >= 11 is 0. The highest BCUT2D eigenvalue weighted by Gasteiger charge is 2.06. The summed E-state index contributed by atoms with van der Waals surface area (Å²) < 4.78 is 0. The molecule has 3 N–H and O–H groups in total. The number of hydrogen-bond acceptors (Lipinski definition) is 3. The van der Waals surface area contributed by atoms with Crippen LogP contribution >= 0.6 is 0 Å². The monoisotopic (exact) mass is 209 g/mol. The van der Waals surface area contributed by atoms with E-state index in [1.807, 2.05) is 37.3 Å². The van der Waals surface area contributed by atoms with Gasteiger partial charge >= 0.3 is 0 Å². The van der Waals surface area contributed by atoms with Crippen molar-refractivity contribution < 1.29 is 10.2 Å². The van der Waals surface area contributed by atoms with Gasteiger partial charge < -0.3 is 15.5 Å². The molecule has 0 amide bonds. The molecule has 0 unspecified atom stereocenters. The fourth-order valence-electron chi connectivity index (χ4n) is 1.36. The fraction of sp³-hybridized carbons (Fsp3) is 0.500. The van der Waals surface area contributed by atoms with Crippen LogP contribution in [0.25, 0.3) is 0 Å². The molecule has 1 aromatic carbocycles. The van der Waals surface area contributed by atoms with Gasteiger partial charge in [0.15, 0.2) is 0 Å². The van der Waals surface area contributed by atoms with E-state index in [2.05, 4.69) is 5.32 Å². The standard InChI is InChI=1S/C12H19NO2/c1-10(9-14)13-8-12(15)7-11-5-3-2-4-6-11/h2-6,10,12-15H,7-9H2,1H3/t10-,12+/m0/s1. The predicted molar refractivity (Wildman–Crippen MR) is 60.7 cm³/mol. The molecule has 3 nitrogen and oxygen atoms in total. The van der Waals surface area contributed by atoms with Crippen molar-refractivity contribution in [2.24, 2.45) is 0 Å². The Balaban J connectivity index is 2.27. The van der Waals surface area contributed by atoms with Crippen LogP contribution in [-0.2, 0) is 6.42 Å². The van der Waals surface area contributed by atoms with Gasteiger partial charge in [-0.1, -0.05) is 30.3 Å². The average molecular weight is 209 g/mol. The minimum Gasteiger partial charge on any atom is -0.395 e. The van der Waals surface area contributed by atoms with E-state index in [4.69, 9.17) is 5.11 Å². The zero-order valence-corrected chi connectivity index (χ0v) is 9.06. The third-order valence-corrected chi connectivity index (χ3v) is 2.29. The maximum atomic E-state index is 9.70. The molecule has 0 aliphatic rings. The molecule has 1 rings (SSSR count). The molecule has 84 valence electrons. The third kappa shape index (κ3) is 4.93. The zero-order valence-electron chi connectivity index (χ0n) is 9.06. The second-order valence-corrected chi connectivity index (χ2v) is 3.84. The minimum absolute atomic E-state index is 0.0374. The van der Waals surface area contributed by atoms with Crippen LogP contribution in [0.15, 0.2) is 30.3 Å². The highest BCUT2D eigenvalue weighted by Crippen LogP contribution is 2.02. The Labute approximate surface area is 90.8 Å². The van der Waals surface area contributed by atoms with Crippen LogP contribution in [0.4, 0.5) is 0 Å². The molecule has 0 spiro atoms. The maximum absolute atomic E-state index is 9.70. The van der Waals surface area contributed by atoms with Crippen molar-refractivity contribution in [3.05, 3.63) is 35.9 Å². The molecule has 0 saturated heterocycles. The fourth-order valence-corrected chi connectivity index (χ4v) is 1.36. The molecule has 0 aliphatic heterocycles. The van der Waals surface area contributed by atoms with Crippen molar-refractivity contribution in [3.63, 3.8) is 0 Å². The molecule has 0 saturated carbocycles. The summed E-state index contributed by atoms with van der Waals surface area (Å²) in [7, 11) is 0. The second-order valence-electron chi connectivity index (χ2n) is 3.84. The van der Waals surface area contributed by atoms with Crippen LogP contribution < -0.4 is 5.32 Å². The highest BCUT2D eigenvalue weighted by molar-refractivity contribution is 5.15. The molecule has 0 aliphatic carbocycles. The van der Waals surface area contributed by atoms with Crippen LogP contribution in [0.5, 0.6) is 0 Å². The second kappa shape index (κ2) is 6.56.